The van der Waals surface area contributed by atoms with Gasteiger partial charge in [0, 0.05) is 0 Å². The first-order chi connectivity index (χ1) is 30.0. The number of aliphatic hydroxyl groups is 3. The topological polar surface area (TPSA) is 89.8 Å². The van der Waals surface area contributed by atoms with Crippen LogP contribution in [0.4, 0.5) is 0 Å². The fourth-order valence-corrected chi connectivity index (χ4v) is 8.77. The molecule has 0 aromatic heterocycles. The van der Waals surface area contributed by atoms with Crippen molar-refractivity contribution in [3.05, 3.63) is 24.3 Å². The van der Waals surface area contributed by atoms with E-state index >= 15 is 0 Å². The number of unbranched alkanes of at least 4 members (excludes halogenated alkanes) is 40. The van der Waals surface area contributed by atoms with E-state index in [-0.39, 0.29) is 18.9 Å². The van der Waals surface area contributed by atoms with E-state index in [4.69, 9.17) is 0 Å². The van der Waals surface area contributed by atoms with Gasteiger partial charge in [-0.15, -0.1) is 0 Å². The molecule has 0 heterocycles. The van der Waals surface area contributed by atoms with Crippen LogP contribution in [0.1, 0.15) is 303 Å². The molecule has 0 rings (SSSR count). The quantitative estimate of drug-likeness (QED) is 0.0362. The number of hydrogen-bond acceptors (Lipinski definition) is 4. The predicted molar refractivity (Wildman–Crippen MR) is 268 cm³/mol. The summed E-state index contributed by atoms with van der Waals surface area (Å²) in [6, 6.07) is -0.758. The van der Waals surface area contributed by atoms with Crippen LogP contribution in [0.3, 0.4) is 0 Å². The molecule has 0 spiro atoms. The van der Waals surface area contributed by atoms with Crippen molar-refractivity contribution in [2.24, 2.45) is 0 Å². The highest BCUT2D eigenvalue weighted by atomic mass is 16.3. The minimum absolute atomic E-state index is 0.0100. The number of allylic oxidation sites excluding steroid dienone is 3. The second kappa shape index (κ2) is 51.5. The van der Waals surface area contributed by atoms with Gasteiger partial charge in [-0.1, -0.05) is 289 Å². The standard InChI is InChI=1S/C56H109NO4/c1-3-5-7-9-11-13-15-17-18-19-20-21-22-23-24-25-26-27-28-29-30-31-32-33-34-35-36-38-39-41-43-45-47-49-53(59)51-56(61)57-54(52-58)55(60)50-48-46-44-42-40-37-16-14-12-10-8-6-4-2/h40,42,48,50,53-55,58-60H,3-39,41,43-47,49,51-52H2,1-2H3,(H,57,61)/b42-40+,50-48+. The lowest BCUT2D eigenvalue weighted by Crippen LogP contribution is -2.45. The molecule has 0 aromatic carbocycles. The Balaban J connectivity index is 3.46. The highest BCUT2D eigenvalue weighted by Gasteiger charge is 2.20. The van der Waals surface area contributed by atoms with Gasteiger partial charge in [-0.05, 0) is 32.1 Å². The fourth-order valence-electron chi connectivity index (χ4n) is 8.77. The van der Waals surface area contributed by atoms with Gasteiger partial charge >= 0.3 is 0 Å². The van der Waals surface area contributed by atoms with E-state index in [1.54, 1.807) is 6.08 Å². The number of hydrogen-bond donors (Lipinski definition) is 4. The van der Waals surface area contributed by atoms with Gasteiger partial charge in [-0.2, -0.15) is 0 Å². The zero-order valence-corrected chi connectivity index (χ0v) is 41.3. The zero-order chi connectivity index (χ0) is 44.4. The molecule has 1 amide bonds. The van der Waals surface area contributed by atoms with Crippen molar-refractivity contribution >= 4 is 5.91 Å². The van der Waals surface area contributed by atoms with Crippen molar-refractivity contribution in [3.63, 3.8) is 0 Å². The molecule has 0 bridgehead atoms. The van der Waals surface area contributed by atoms with Crippen LogP contribution >= 0.6 is 0 Å². The lowest BCUT2D eigenvalue weighted by Gasteiger charge is -2.21. The zero-order valence-electron chi connectivity index (χ0n) is 41.3. The van der Waals surface area contributed by atoms with Gasteiger partial charge in [0.05, 0.1) is 31.3 Å². The molecule has 3 atom stereocenters. The molecule has 4 N–H and O–H groups in total. The molecule has 0 aliphatic rings. The molecule has 5 heteroatoms. The number of nitrogens with one attached hydrogen (secondary N) is 1. The van der Waals surface area contributed by atoms with E-state index in [0.29, 0.717) is 6.42 Å². The number of carbonyl (C=O) groups is 1. The molecule has 0 aromatic rings. The van der Waals surface area contributed by atoms with Crippen LogP contribution in [0.25, 0.3) is 0 Å². The van der Waals surface area contributed by atoms with Gasteiger partial charge in [-0.3, -0.25) is 4.79 Å². The van der Waals surface area contributed by atoms with Crippen LogP contribution in [0.15, 0.2) is 24.3 Å². The van der Waals surface area contributed by atoms with Crippen molar-refractivity contribution in [2.75, 3.05) is 6.61 Å². The summed E-state index contributed by atoms with van der Waals surface area (Å²) in [4.78, 5) is 12.5. The summed E-state index contributed by atoms with van der Waals surface area (Å²) < 4.78 is 0. The monoisotopic (exact) mass is 860 g/mol. The Morgan fingerprint density at radius 2 is 0.705 bits per heavy atom. The molecule has 61 heavy (non-hydrogen) atoms. The second-order valence-corrected chi connectivity index (χ2v) is 19.2. The van der Waals surface area contributed by atoms with Gasteiger partial charge < -0.3 is 20.6 Å². The first-order valence-corrected chi connectivity index (χ1v) is 27.6. The lowest BCUT2D eigenvalue weighted by atomic mass is 10.0. The third-order valence-electron chi connectivity index (χ3n) is 13.0. The van der Waals surface area contributed by atoms with E-state index in [1.165, 1.54) is 244 Å². The SMILES string of the molecule is CCCCCCCCC/C=C/CC/C=C/C(O)C(CO)NC(=O)CC(O)CCCCCCCCCCCCCCCCCCCCCCCCCCCCCCCCCCC. The smallest absolute Gasteiger partial charge is 0.222 e. The Kier molecular flexibility index (Phi) is 50.5. The minimum atomic E-state index is -0.948. The number of carbonyl (C=O) groups excluding carboxylic acids is 1. The molecule has 362 valence electrons. The third-order valence-corrected chi connectivity index (χ3v) is 13.0. The number of aliphatic hydroxyl groups excluding tert-OH is 3. The number of rotatable bonds is 51. The Labute approximate surface area is 382 Å². The second-order valence-electron chi connectivity index (χ2n) is 19.2. The van der Waals surface area contributed by atoms with Crippen LogP contribution < -0.4 is 5.32 Å². The molecular formula is C56H109NO4. The van der Waals surface area contributed by atoms with Crippen molar-refractivity contribution in [3.8, 4) is 0 Å². The summed E-state index contributed by atoms with van der Waals surface area (Å²) in [7, 11) is 0. The maximum atomic E-state index is 12.5. The molecule has 5 nitrogen and oxygen atoms in total. The average Bonchev–Trinajstić information content (AvgIpc) is 3.25. The predicted octanol–water partition coefficient (Wildman–Crippen LogP) is 16.9. The largest absolute Gasteiger partial charge is 0.394 e. The average molecular weight is 860 g/mol. The third kappa shape index (κ3) is 48.1. The molecule has 3 unspecified atom stereocenters. The normalized spacial score (nSPS) is 13.5. The first kappa shape index (κ1) is 59.8. The van der Waals surface area contributed by atoms with Crippen LogP contribution in [-0.4, -0.2) is 46.1 Å². The summed E-state index contributed by atoms with van der Waals surface area (Å²) >= 11 is 0. The molecule has 0 radical (unpaired) electrons. The van der Waals surface area contributed by atoms with Gasteiger partial charge in [0.25, 0.3) is 0 Å². The maximum absolute atomic E-state index is 12.5. The Morgan fingerprint density at radius 3 is 1.05 bits per heavy atom. The molecule has 0 fully saturated rings. The molecule has 0 saturated carbocycles. The van der Waals surface area contributed by atoms with Crippen LogP contribution in [0.2, 0.25) is 0 Å². The summed E-state index contributed by atoms with van der Waals surface area (Å²) in [6.07, 6.45) is 65.3. The Hall–Kier alpha value is -1.17. The highest BCUT2D eigenvalue weighted by molar-refractivity contribution is 5.76. The summed E-state index contributed by atoms with van der Waals surface area (Å²) in [5.74, 6) is -0.321. The van der Waals surface area contributed by atoms with E-state index in [0.717, 1.165) is 32.1 Å². The van der Waals surface area contributed by atoms with Crippen molar-refractivity contribution in [1.29, 1.82) is 0 Å². The van der Waals surface area contributed by atoms with Gasteiger partial charge in [0.1, 0.15) is 0 Å². The molecular weight excluding hydrogens is 751 g/mol. The van der Waals surface area contributed by atoms with E-state index in [2.05, 4.69) is 31.3 Å². The molecule has 0 aliphatic heterocycles. The summed E-state index contributed by atoms with van der Waals surface area (Å²) in [5.41, 5.74) is 0. The van der Waals surface area contributed by atoms with E-state index in [1.807, 2.05) is 6.08 Å². The Morgan fingerprint density at radius 1 is 0.410 bits per heavy atom. The summed E-state index contributed by atoms with van der Waals surface area (Å²) in [6.45, 7) is 4.21. The van der Waals surface area contributed by atoms with Crippen molar-refractivity contribution < 1.29 is 20.1 Å². The van der Waals surface area contributed by atoms with Crippen LogP contribution in [0.5, 0.6) is 0 Å². The van der Waals surface area contributed by atoms with E-state index in [9.17, 15) is 20.1 Å². The van der Waals surface area contributed by atoms with E-state index < -0.39 is 18.2 Å². The van der Waals surface area contributed by atoms with Gasteiger partial charge in [0.2, 0.25) is 5.91 Å². The Bertz CT molecular complexity index is 905. The summed E-state index contributed by atoms with van der Waals surface area (Å²) in [5, 5.41) is 33.3. The van der Waals surface area contributed by atoms with Crippen molar-refractivity contribution in [2.45, 2.75) is 321 Å². The molecule has 0 aliphatic carbocycles. The van der Waals surface area contributed by atoms with Crippen LogP contribution in [0, 0.1) is 0 Å². The maximum Gasteiger partial charge on any atom is 0.222 e. The fraction of sp³-hybridized carbons (Fsp3) is 0.911. The first-order valence-electron chi connectivity index (χ1n) is 27.6. The van der Waals surface area contributed by atoms with Crippen LogP contribution in [-0.2, 0) is 4.79 Å². The van der Waals surface area contributed by atoms with Gasteiger partial charge in [0.15, 0.2) is 0 Å². The molecule has 0 saturated heterocycles. The van der Waals surface area contributed by atoms with Crippen molar-refractivity contribution in [1.82, 2.24) is 5.32 Å². The minimum Gasteiger partial charge on any atom is -0.394 e. The number of amides is 1. The van der Waals surface area contributed by atoms with Gasteiger partial charge in [-0.25, -0.2) is 0 Å². The lowest BCUT2D eigenvalue weighted by molar-refractivity contribution is -0.124. The highest BCUT2D eigenvalue weighted by Crippen LogP contribution is 2.18.